The second kappa shape index (κ2) is 6.76. The van der Waals surface area contributed by atoms with Gasteiger partial charge in [-0.15, -0.1) is 0 Å². The molecule has 0 fully saturated rings. The van der Waals surface area contributed by atoms with E-state index in [-0.39, 0.29) is 19.6 Å². The third-order valence-corrected chi connectivity index (χ3v) is 3.53. The van der Waals surface area contributed by atoms with E-state index in [4.69, 9.17) is 11.6 Å². The summed E-state index contributed by atoms with van der Waals surface area (Å²) in [7, 11) is 0. The molecule has 23 heavy (non-hydrogen) atoms. The fraction of sp³-hybridized carbons (Fsp3) is 0.286. The zero-order valence-electron chi connectivity index (χ0n) is 12.2. The molecule has 0 unspecified atom stereocenters. The van der Waals surface area contributed by atoms with E-state index < -0.39 is 5.60 Å². The molecule has 0 aliphatic rings. The number of hydrogen-bond acceptors (Lipinski definition) is 6. The summed E-state index contributed by atoms with van der Waals surface area (Å²) in [5, 5.41) is 22.9. The van der Waals surface area contributed by atoms with Gasteiger partial charge in [-0.2, -0.15) is 10.2 Å². The van der Waals surface area contributed by atoms with Crippen LogP contribution in [0.5, 0.6) is 0 Å². The predicted molar refractivity (Wildman–Crippen MR) is 84.9 cm³/mol. The van der Waals surface area contributed by atoms with Crippen LogP contribution < -0.4 is 5.32 Å². The summed E-state index contributed by atoms with van der Waals surface area (Å²) in [5.41, 5.74) is -0.308. The van der Waals surface area contributed by atoms with E-state index in [1.165, 1.54) is 12.7 Å². The average Bonchev–Trinajstić information content (AvgIpc) is 3.19. The molecule has 2 N–H and O–H groups in total. The molecular weight excluding hydrogens is 318 g/mol. The lowest BCUT2D eigenvalue weighted by Crippen LogP contribution is -2.45. The molecule has 9 heteroatoms. The third-order valence-electron chi connectivity index (χ3n) is 3.29. The molecule has 0 atom stereocenters. The van der Waals surface area contributed by atoms with Crippen LogP contribution in [0.2, 0.25) is 5.02 Å². The summed E-state index contributed by atoms with van der Waals surface area (Å²) in [6.45, 7) is 0.813. The van der Waals surface area contributed by atoms with Crippen LogP contribution >= 0.6 is 11.6 Å². The largest absolute Gasteiger partial charge is 0.384 e. The zero-order chi connectivity index (χ0) is 16.1. The Kier molecular flexibility index (Phi) is 4.54. The minimum atomic E-state index is -1.14. The maximum atomic E-state index is 11.0. The summed E-state index contributed by atoms with van der Waals surface area (Å²) in [6, 6.07) is 7.33. The molecule has 2 heterocycles. The summed E-state index contributed by atoms with van der Waals surface area (Å²) < 4.78 is 3.16. The molecular formula is C14H16ClN7O. The predicted octanol–water partition coefficient (Wildman–Crippen LogP) is 1.07. The molecule has 8 nitrogen and oxygen atoms in total. The maximum absolute atomic E-state index is 11.0. The number of halogens is 1. The van der Waals surface area contributed by atoms with Crippen molar-refractivity contribution in [3.8, 4) is 0 Å². The van der Waals surface area contributed by atoms with Gasteiger partial charge in [0.1, 0.15) is 30.9 Å². The standard InChI is InChI=1S/C14H16ClN7O/c15-12-2-1-3-13(4-12)18-5-14(23,6-21-10-16-8-19-21)7-22-11-17-9-20-22/h1-4,8-11,18,23H,5-7H2. The third kappa shape index (κ3) is 4.27. The van der Waals surface area contributed by atoms with Crippen LogP contribution in [0, 0.1) is 0 Å². The Morgan fingerprint density at radius 1 is 1.09 bits per heavy atom. The first kappa shape index (κ1) is 15.4. The van der Waals surface area contributed by atoms with Crippen molar-refractivity contribution in [1.82, 2.24) is 29.5 Å². The molecule has 0 aliphatic carbocycles. The van der Waals surface area contributed by atoms with Gasteiger partial charge in [0.2, 0.25) is 0 Å². The Bertz CT molecular complexity index is 693. The normalized spacial score (nSPS) is 11.6. The number of benzene rings is 1. The lowest BCUT2D eigenvalue weighted by Gasteiger charge is -2.28. The second-order valence-electron chi connectivity index (χ2n) is 5.27. The van der Waals surface area contributed by atoms with E-state index in [1.807, 2.05) is 12.1 Å². The number of aliphatic hydroxyl groups is 1. The van der Waals surface area contributed by atoms with E-state index in [0.717, 1.165) is 5.69 Å². The summed E-state index contributed by atoms with van der Waals surface area (Å²) in [4.78, 5) is 7.80. The number of nitrogens with one attached hydrogen (secondary N) is 1. The van der Waals surface area contributed by atoms with Gasteiger partial charge in [-0.1, -0.05) is 17.7 Å². The molecule has 0 saturated heterocycles. The van der Waals surface area contributed by atoms with Crippen molar-refractivity contribution in [3.05, 3.63) is 54.6 Å². The lowest BCUT2D eigenvalue weighted by molar-refractivity contribution is 0.0121. The zero-order valence-corrected chi connectivity index (χ0v) is 13.0. The fourth-order valence-corrected chi connectivity index (χ4v) is 2.45. The molecule has 1 aromatic carbocycles. The second-order valence-corrected chi connectivity index (χ2v) is 5.71. The lowest BCUT2D eigenvalue weighted by atomic mass is 10.0. The molecule has 3 rings (SSSR count). The monoisotopic (exact) mass is 333 g/mol. The van der Waals surface area contributed by atoms with Crippen LogP contribution in [-0.4, -0.2) is 46.8 Å². The Morgan fingerprint density at radius 2 is 1.74 bits per heavy atom. The Morgan fingerprint density at radius 3 is 2.26 bits per heavy atom. The highest BCUT2D eigenvalue weighted by molar-refractivity contribution is 6.30. The summed E-state index contributed by atoms with van der Waals surface area (Å²) in [5.74, 6) is 0. The first-order valence-electron chi connectivity index (χ1n) is 7.00. The van der Waals surface area contributed by atoms with Crippen LogP contribution in [0.1, 0.15) is 0 Å². The molecule has 0 saturated carbocycles. The first-order chi connectivity index (χ1) is 11.1. The van der Waals surface area contributed by atoms with E-state index in [9.17, 15) is 5.11 Å². The summed E-state index contributed by atoms with van der Waals surface area (Å²) >= 11 is 5.98. The topological polar surface area (TPSA) is 93.7 Å². The minimum absolute atomic E-state index is 0.264. The number of rotatable bonds is 7. The van der Waals surface area contributed by atoms with Gasteiger partial charge in [-0.25, -0.2) is 19.3 Å². The number of nitrogens with zero attached hydrogens (tertiary/aromatic N) is 6. The molecule has 0 aliphatic heterocycles. The SMILES string of the molecule is OC(CNc1cccc(Cl)c1)(Cn1cncn1)Cn1cncn1. The molecule has 0 spiro atoms. The molecule has 0 bridgehead atoms. The molecule has 0 amide bonds. The highest BCUT2D eigenvalue weighted by Gasteiger charge is 2.29. The van der Waals surface area contributed by atoms with Crippen molar-refractivity contribution in [1.29, 1.82) is 0 Å². The maximum Gasteiger partial charge on any atom is 0.137 e. The fourth-order valence-electron chi connectivity index (χ4n) is 2.26. The van der Waals surface area contributed by atoms with E-state index in [0.29, 0.717) is 5.02 Å². The smallest absolute Gasteiger partial charge is 0.137 e. The van der Waals surface area contributed by atoms with Crippen molar-refractivity contribution in [3.63, 3.8) is 0 Å². The van der Waals surface area contributed by atoms with Crippen molar-refractivity contribution in [2.45, 2.75) is 18.7 Å². The van der Waals surface area contributed by atoms with Crippen molar-refractivity contribution in [2.75, 3.05) is 11.9 Å². The van der Waals surface area contributed by atoms with E-state index in [1.54, 1.807) is 34.2 Å². The molecule has 3 aromatic rings. The Balaban J connectivity index is 1.73. The summed E-state index contributed by atoms with van der Waals surface area (Å²) in [6.07, 6.45) is 5.98. The Hall–Kier alpha value is -2.45. The molecule has 2 aromatic heterocycles. The number of anilines is 1. The van der Waals surface area contributed by atoms with Gasteiger partial charge in [0.05, 0.1) is 13.1 Å². The average molecular weight is 334 g/mol. The van der Waals surface area contributed by atoms with Gasteiger partial charge >= 0.3 is 0 Å². The van der Waals surface area contributed by atoms with Crippen LogP contribution in [0.25, 0.3) is 0 Å². The van der Waals surface area contributed by atoms with Gasteiger partial charge in [0.25, 0.3) is 0 Å². The highest BCUT2D eigenvalue weighted by atomic mass is 35.5. The Labute approximate surface area is 137 Å². The minimum Gasteiger partial charge on any atom is -0.384 e. The number of hydrogen-bond donors (Lipinski definition) is 2. The molecule has 120 valence electrons. The van der Waals surface area contributed by atoms with Gasteiger partial charge < -0.3 is 10.4 Å². The molecule has 0 radical (unpaired) electrons. The quantitative estimate of drug-likeness (QED) is 0.671. The van der Waals surface area contributed by atoms with E-state index in [2.05, 4.69) is 25.5 Å². The van der Waals surface area contributed by atoms with Crippen LogP contribution in [0.3, 0.4) is 0 Å². The highest BCUT2D eigenvalue weighted by Crippen LogP contribution is 2.17. The van der Waals surface area contributed by atoms with Crippen LogP contribution in [0.4, 0.5) is 5.69 Å². The van der Waals surface area contributed by atoms with Crippen LogP contribution in [-0.2, 0) is 13.1 Å². The van der Waals surface area contributed by atoms with Gasteiger partial charge in [0.15, 0.2) is 0 Å². The van der Waals surface area contributed by atoms with Gasteiger partial charge in [-0.05, 0) is 18.2 Å². The van der Waals surface area contributed by atoms with E-state index >= 15 is 0 Å². The van der Waals surface area contributed by atoms with Gasteiger partial charge in [-0.3, -0.25) is 0 Å². The van der Waals surface area contributed by atoms with Crippen molar-refractivity contribution >= 4 is 17.3 Å². The van der Waals surface area contributed by atoms with Crippen molar-refractivity contribution < 1.29 is 5.11 Å². The van der Waals surface area contributed by atoms with Gasteiger partial charge in [0, 0.05) is 17.3 Å². The first-order valence-corrected chi connectivity index (χ1v) is 7.37. The van der Waals surface area contributed by atoms with Crippen molar-refractivity contribution in [2.24, 2.45) is 0 Å². The number of aromatic nitrogens is 6. The van der Waals surface area contributed by atoms with Crippen LogP contribution in [0.15, 0.2) is 49.6 Å².